The van der Waals surface area contributed by atoms with Crippen LogP contribution in [0.4, 0.5) is 0 Å². The van der Waals surface area contributed by atoms with E-state index in [4.69, 9.17) is 22.1 Å². The van der Waals surface area contributed by atoms with Gasteiger partial charge in [-0.2, -0.15) is 0 Å². The van der Waals surface area contributed by atoms with E-state index in [1.807, 2.05) is 31.2 Å². The summed E-state index contributed by atoms with van der Waals surface area (Å²) in [6.45, 7) is 2.33. The highest BCUT2D eigenvalue weighted by atomic mass is 35.5. The summed E-state index contributed by atoms with van der Waals surface area (Å²) in [4.78, 5) is 11.0. The number of carbonyl (C=O) groups is 1. The molecule has 4 heteroatoms. The number of amides is 1. The fraction of sp³-hybridized carbons (Fsp3) is 0.133. The normalized spacial score (nSPS) is 10.2. The third-order valence-electron chi connectivity index (χ3n) is 2.81. The topological polar surface area (TPSA) is 52.3 Å². The number of para-hydroxylation sites is 1. The van der Waals surface area contributed by atoms with E-state index in [0.717, 1.165) is 16.9 Å². The van der Waals surface area contributed by atoms with Crippen LogP contribution in [0.2, 0.25) is 5.02 Å². The number of ether oxygens (including phenoxy) is 1. The molecular weight excluding hydrogens is 262 g/mol. The molecule has 0 saturated carbocycles. The molecule has 1 amide bonds. The minimum Gasteiger partial charge on any atom is -0.489 e. The number of primary amides is 1. The number of nitrogens with two attached hydrogens (primary N) is 1. The molecule has 0 aliphatic carbocycles. The van der Waals surface area contributed by atoms with Gasteiger partial charge in [0.1, 0.15) is 12.4 Å². The van der Waals surface area contributed by atoms with E-state index >= 15 is 0 Å². The van der Waals surface area contributed by atoms with E-state index < -0.39 is 5.91 Å². The van der Waals surface area contributed by atoms with Gasteiger partial charge in [0, 0.05) is 16.1 Å². The van der Waals surface area contributed by atoms with Gasteiger partial charge in [0.15, 0.2) is 0 Å². The fourth-order valence-corrected chi connectivity index (χ4v) is 1.93. The molecule has 0 aliphatic heterocycles. The number of benzene rings is 2. The standard InChI is InChI=1S/C15H14ClNO2/c1-10-4-2-3-5-14(10)19-9-12-7-6-11(15(17)18)8-13(12)16/h2-8H,9H2,1H3,(H2,17,18). The van der Waals surface area contributed by atoms with Crippen molar-refractivity contribution in [2.45, 2.75) is 13.5 Å². The van der Waals surface area contributed by atoms with Crippen LogP contribution in [-0.2, 0) is 6.61 Å². The van der Waals surface area contributed by atoms with Gasteiger partial charge in [-0.25, -0.2) is 0 Å². The lowest BCUT2D eigenvalue weighted by molar-refractivity contribution is 0.1000. The molecule has 2 aromatic rings. The van der Waals surface area contributed by atoms with Gasteiger partial charge in [-0.15, -0.1) is 0 Å². The van der Waals surface area contributed by atoms with E-state index in [-0.39, 0.29) is 0 Å². The van der Waals surface area contributed by atoms with Gasteiger partial charge in [0.25, 0.3) is 0 Å². The molecule has 0 saturated heterocycles. The van der Waals surface area contributed by atoms with Crippen molar-refractivity contribution in [1.82, 2.24) is 0 Å². The summed E-state index contributed by atoms with van der Waals surface area (Å²) in [5, 5.41) is 0.477. The highest BCUT2D eigenvalue weighted by molar-refractivity contribution is 6.31. The van der Waals surface area contributed by atoms with Gasteiger partial charge < -0.3 is 10.5 Å². The van der Waals surface area contributed by atoms with Gasteiger partial charge in [0.2, 0.25) is 5.91 Å². The van der Waals surface area contributed by atoms with Crippen LogP contribution in [-0.4, -0.2) is 5.91 Å². The van der Waals surface area contributed by atoms with E-state index in [1.165, 1.54) is 0 Å². The summed E-state index contributed by atoms with van der Waals surface area (Å²) < 4.78 is 5.70. The maximum absolute atomic E-state index is 11.0. The Labute approximate surface area is 117 Å². The van der Waals surface area contributed by atoms with Gasteiger partial charge >= 0.3 is 0 Å². The van der Waals surface area contributed by atoms with Crippen molar-refractivity contribution in [2.75, 3.05) is 0 Å². The third kappa shape index (κ3) is 3.26. The average molecular weight is 276 g/mol. The van der Waals surface area contributed by atoms with Crippen LogP contribution in [0.5, 0.6) is 5.75 Å². The van der Waals surface area contributed by atoms with Crippen LogP contribution in [0, 0.1) is 6.92 Å². The Bertz CT molecular complexity index is 611. The molecule has 98 valence electrons. The molecule has 0 aromatic heterocycles. The molecule has 2 aromatic carbocycles. The van der Waals surface area contributed by atoms with Gasteiger partial charge in [-0.3, -0.25) is 4.79 Å². The molecule has 0 fully saturated rings. The lowest BCUT2D eigenvalue weighted by Gasteiger charge is -2.10. The van der Waals surface area contributed by atoms with Crippen molar-refractivity contribution in [3.05, 3.63) is 64.2 Å². The number of aryl methyl sites for hydroxylation is 1. The second kappa shape index (κ2) is 5.76. The van der Waals surface area contributed by atoms with Crippen LogP contribution in [0.15, 0.2) is 42.5 Å². The highest BCUT2D eigenvalue weighted by Gasteiger charge is 2.07. The predicted octanol–water partition coefficient (Wildman–Crippen LogP) is 3.33. The molecule has 2 N–H and O–H groups in total. The zero-order chi connectivity index (χ0) is 13.8. The summed E-state index contributed by atoms with van der Waals surface area (Å²) in [6, 6.07) is 12.7. The number of halogens is 1. The van der Waals surface area contributed by atoms with E-state index in [9.17, 15) is 4.79 Å². The quantitative estimate of drug-likeness (QED) is 0.930. The summed E-state index contributed by atoms with van der Waals surface area (Å²) in [5.74, 6) is 0.325. The maximum atomic E-state index is 11.0. The summed E-state index contributed by atoms with van der Waals surface area (Å²) in [5.41, 5.74) is 7.46. The van der Waals surface area contributed by atoms with Crippen molar-refractivity contribution >= 4 is 17.5 Å². The number of rotatable bonds is 4. The second-order valence-electron chi connectivity index (χ2n) is 4.22. The Hall–Kier alpha value is -2.00. The molecule has 0 atom stereocenters. The molecule has 0 heterocycles. The summed E-state index contributed by atoms with van der Waals surface area (Å²) in [6.07, 6.45) is 0. The van der Waals surface area contributed by atoms with Crippen LogP contribution >= 0.6 is 11.6 Å². The Balaban J connectivity index is 2.12. The first-order chi connectivity index (χ1) is 9.08. The lowest BCUT2D eigenvalue weighted by Crippen LogP contribution is -2.11. The first kappa shape index (κ1) is 13.4. The van der Waals surface area contributed by atoms with E-state index in [0.29, 0.717) is 17.2 Å². The average Bonchev–Trinajstić information content (AvgIpc) is 2.39. The minimum absolute atomic E-state index is 0.350. The second-order valence-corrected chi connectivity index (χ2v) is 4.63. The predicted molar refractivity (Wildman–Crippen MR) is 75.5 cm³/mol. The van der Waals surface area contributed by atoms with Crippen molar-refractivity contribution in [1.29, 1.82) is 0 Å². The van der Waals surface area contributed by atoms with Gasteiger partial charge in [-0.05, 0) is 30.7 Å². The Morgan fingerprint density at radius 2 is 2.00 bits per heavy atom. The van der Waals surface area contributed by atoms with Crippen LogP contribution in [0.25, 0.3) is 0 Å². The third-order valence-corrected chi connectivity index (χ3v) is 3.17. The summed E-state index contributed by atoms with van der Waals surface area (Å²) in [7, 11) is 0. The Morgan fingerprint density at radius 1 is 1.26 bits per heavy atom. The molecule has 2 rings (SSSR count). The first-order valence-electron chi connectivity index (χ1n) is 5.84. The highest BCUT2D eigenvalue weighted by Crippen LogP contribution is 2.22. The summed E-state index contributed by atoms with van der Waals surface area (Å²) >= 11 is 6.09. The molecule has 0 spiro atoms. The van der Waals surface area contributed by atoms with E-state index in [1.54, 1.807) is 18.2 Å². The van der Waals surface area contributed by atoms with Gasteiger partial charge in [0.05, 0.1) is 0 Å². The van der Waals surface area contributed by atoms with Crippen molar-refractivity contribution in [3.8, 4) is 5.75 Å². The molecule has 0 aliphatic rings. The number of carbonyl (C=O) groups excluding carboxylic acids is 1. The lowest BCUT2D eigenvalue weighted by atomic mass is 10.1. The molecule has 19 heavy (non-hydrogen) atoms. The number of hydrogen-bond acceptors (Lipinski definition) is 2. The van der Waals surface area contributed by atoms with Crippen LogP contribution in [0.1, 0.15) is 21.5 Å². The van der Waals surface area contributed by atoms with Crippen molar-refractivity contribution in [3.63, 3.8) is 0 Å². The Morgan fingerprint density at radius 3 is 2.63 bits per heavy atom. The minimum atomic E-state index is -0.492. The van der Waals surface area contributed by atoms with Crippen LogP contribution in [0.3, 0.4) is 0 Å². The zero-order valence-corrected chi connectivity index (χ0v) is 11.3. The molecule has 0 unspecified atom stereocenters. The van der Waals surface area contributed by atoms with E-state index in [2.05, 4.69) is 0 Å². The monoisotopic (exact) mass is 275 g/mol. The van der Waals surface area contributed by atoms with Crippen molar-refractivity contribution < 1.29 is 9.53 Å². The fourth-order valence-electron chi connectivity index (χ4n) is 1.69. The maximum Gasteiger partial charge on any atom is 0.248 e. The number of hydrogen-bond donors (Lipinski definition) is 1. The SMILES string of the molecule is Cc1ccccc1OCc1ccc(C(N)=O)cc1Cl. The van der Waals surface area contributed by atoms with Crippen molar-refractivity contribution in [2.24, 2.45) is 5.73 Å². The Kier molecular flexibility index (Phi) is 4.07. The molecule has 0 bridgehead atoms. The van der Waals surface area contributed by atoms with Gasteiger partial charge in [-0.1, -0.05) is 35.9 Å². The zero-order valence-electron chi connectivity index (χ0n) is 10.5. The molecule has 3 nitrogen and oxygen atoms in total. The molecular formula is C15H14ClNO2. The van der Waals surface area contributed by atoms with Crippen LogP contribution < -0.4 is 10.5 Å². The largest absolute Gasteiger partial charge is 0.489 e. The smallest absolute Gasteiger partial charge is 0.248 e. The first-order valence-corrected chi connectivity index (χ1v) is 6.22. The molecule has 0 radical (unpaired) electrons.